The van der Waals surface area contributed by atoms with Gasteiger partial charge in [-0.15, -0.1) is 82.8 Å². The third-order valence-corrected chi connectivity index (χ3v) is 13.0. The second-order valence-electron chi connectivity index (χ2n) is 23.3. The summed E-state index contributed by atoms with van der Waals surface area (Å²) in [5.74, 6) is 3.77. The second kappa shape index (κ2) is 21.4. The Morgan fingerprint density at radius 1 is 0.426 bits per heavy atom. The molecule has 0 aliphatic rings. The Kier molecular flexibility index (Phi) is 17.9. The van der Waals surface area contributed by atoms with Crippen molar-refractivity contribution in [3.63, 3.8) is 0 Å². The van der Waals surface area contributed by atoms with Crippen molar-refractivity contribution < 1.29 is 32.2 Å². The number of aryl methyl sites for hydroxylation is 4. The van der Waals surface area contributed by atoms with E-state index in [4.69, 9.17) is 8.83 Å². The van der Waals surface area contributed by atoms with Crippen molar-refractivity contribution >= 4 is 51.8 Å². The van der Waals surface area contributed by atoms with Crippen LogP contribution in [0.3, 0.4) is 0 Å². The molecule has 8 aromatic rings. The van der Waals surface area contributed by atoms with Crippen LogP contribution in [0.2, 0.25) is 13.1 Å². The van der Waals surface area contributed by atoms with Crippen molar-refractivity contribution in [2.24, 2.45) is 0 Å². The van der Waals surface area contributed by atoms with Crippen molar-refractivity contribution in [2.45, 2.75) is 159 Å². The zero-order chi connectivity index (χ0) is 49.0. The molecule has 360 valence electrons. The maximum atomic E-state index is 5.93. The summed E-state index contributed by atoms with van der Waals surface area (Å²) >= 11 is 1.74. The van der Waals surface area contributed by atoms with E-state index in [9.17, 15) is 0 Å². The van der Waals surface area contributed by atoms with Gasteiger partial charge in [0.15, 0.2) is 0 Å². The largest absolute Gasteiger partial charge is 0.496 e. The summed E-state index contributed by atoms with van der Waals surface area (Å²) in [4.78, 5) is 0. The van der Waals surface area contributed by atoms with Gasteiger partial charge < -0.3 is 8.83 Å². The van der Waals surface area contributed by atoms with E-state index in [1.807, 2.05) is 26.0 Å². The summed E-state index contributed by atoms with van der Waals surface area (Å²) in [6, 6.07) is 36.4. The number of halogens is 2. The minimum atomic E-state index is 0. The standard InChI is InChI=1S/2C30H35O.C2H6Si.2ClH.Zr/c2*1-18-12-21-13-22(27-11-10-19(2)31-27)16-26(21)28(20(18)3)23-14-24(29(4,5)6)17-25(15-23)30(7,8)9;1-3-2;;;/h2*10-17H,1-9H3;1-2H3;2*1H;/q2*-1;;;;+2. The van der Waals surface area contributed by atoms with Crippen LogP contribution >= 0.6 is 24.8 Å². The number of benzene rings is 4. The van der Waals surface area contributed by atoms with Crippen molar-refractivity contribution in [1.29, 1.82) is 0 Å². The molecule has 0 bridgehead atoms. The molecular formula is C62H78Cl2O2SiZr. The van der Waals surface area contributed by atoms with Crippen LogP contribution in [-0.2, 0) is 45.0 Å². The monoisotopic (exact) mass is 1040 g/mol. The fourth-order valence-corrected chi connectivity index (χ4v) is 8.69. The van der Waals surface area contributed by atoms with E-state index in [-0.39, 0.29) is 51.9 Å². The quantitative estimate of drug-likeness (QED) is 0.130. The van der Waals surface area contributed by atoms with E-state index in [0.29, 0.717) is 0 Å². The minimum Gasteiger partial charge on any atom is -0.496 e. The Balaban J connectivity index is 0.000000268. The molecule has 0 saturated carbocycles. The number of rotatable bonds is 4. The zero-order valence-electron chi connectivity index (χ0n) is 44.9. The van der Waals surface area contributed by atoms with Gasteiger partial charge in [0.2, 0.25) is 0 Å². The van der Waals surface area contributed by atoms with Crippen molar-refractivity contribution in [3.8, 4) is 44.9 Å². The predicted molar refractivity (Wildman–Crippen MR) is 301 cm³/mol. The average Bonchev–Trinajstić information content (AvgIpc) is 4.01. The Morgan fingerprint density at radius 2 is 0.706 bits per heavy atom. The van der Waals surface area contributed by atoms with Crippen LogP contribution in [0.1, 0.15) is 139 Å². The number of hydrogen-bond donors (Lipinski definition) is 0. The summed E-state index contributed by atoms with van der Waals surface area (Å²) in [6.45, 7) is 45.2. The molecule has 2 aromatic heterocycles. The molecule has 0 aliphatic heterocycles. The maximum absolute atomic E-state index is 5.93. The van der Waals surface area contributed by atoms with E-state index < -0.39 is 0 Å². The molecule has 0 spiro atoms. The second-order valence-corrected chi connectivity index (χ2v) is 32.7. The van der Waals surface area contributed by atoms with Crippen LogP contribution in [0.25, 0.3) is 66.4 Å². The van der Waals surface area contributed by atoms with Crippen LogP contribution in [0.5, 0.6) is 0 Å². The number of furan rings is 2. The topological polar surface area (TPSA) is 26.3 Å². The summed E-state index contributed by atoms with van der Waals surface area (Å²) in [6.07, 6.45) is 0. The van der Waals surface area contributed by atoms with Crippen molar-refractivity contribution in [3.05, 3.63) is 153 Å². The van der Waals surface area contributed by atoms with Crippen LogP contribution in [0.4, 0.5) is 0 Å². The summed E-state index contributed by atoms with van der Waals surface area (Å²) in [5.41, 5.74) is 19.1. The first kappa shape index (κ1) is 56.9. The van der Waals surface area contributed by atoms with Gasteiger partial charge in [-0.1, -0.05) is 153 Å². The van der Waals surface area contributed by atoms with E-state index in [1.165, 1.54) is 88.3 Å². The number of hydrogen-bond acceptors (Lipinski definition) is 2. The van der Waals surface area contributed by atoms with Crippen LogP contribution < -0.4 is 0 Å². The molecule has 0 unspecified atom stereocenters. The van der Waals surface area contributed by atoms with Crippen molar-refractivity contribution in [1.82, 2.24) is 0 Å². The van der Waals surface area contributed by atoms with Gasteiger partial charge in [-0.25, -0.2) is 0 Å². The molecule has 0 atom stereocenters. The van der Waals surface area contributed by atoms with Gasteiger partial charge in [-0.2, -0.15) is 0 Å². The van der Waals surface area contributed by atoms with E-state index >= 15 is 0 Å². The number of fused-ring (bicyclic) bond motifs is 2. The molecule has 0 fully saturated rings. The van der Waals surface area contributed by atoms with Gasteiger partial charge in [-0.05, 0) is 132 Å². The van der Waals surface area contributed by atoms with E-state index in [1.54, 1.807) is 23.3 Å². The molecule has 0 aliphatic carbocycles. The van der Waals surface area contributed by atoms with Gasteiger partial charge in [0.1, 0.15) is 0 Å². The van der Waals surface area contributed by atoms with Gasteiger partial charge in [0, 0.05) is 0 Å². The smallest absolute Gasteiger partial charge is 0.0896 e. The summed E-state index contributed by atoms with van der Waals surface area (Å²) in [7, 11) is 0. The first-order valence-corrected chi connectivity index (χ1v) is 30.0. The SMILES string of the molecule is C[Si](C)=[Zr+2].Cc1ccc(-c2cc3c(-c4cc(C(C)(C)C)cc(C(C)(C)C)c4)c(C)c(C)cc3[cH-]2)o1.Cc1ccc(-c2cc3c(-c4cc(C(C)(C)C)cc(C(C)(C)C)c4)c(C)c(C)cc3[cH-]2)o1.Cl.Cl. The molecule has 68 heavy (non-hydrogen) atoms. The van der Waals surface area contributed by atoms with E-state index in [2.05, 4.69) is 209 Å². The average molecular weight is 1050 g/mol. The summed E-state index contributed by atoms with van der Waals surface area (Å²) in [5, 5.41) is 5.16. The molecule has 2 nitrogen and oxygen atoms in total. The predicted octanol–water partition coefficient (Wildman–Crippen LogP) is 19.6. The minimum absolute atomic E-state index is 0. The molecule has 0 amide bonds. The fourth-order valence-electron chi connectivity index (χ4n) is 8.69. The van der Waals surface area contributed by atoms with Crippen LogP contribution in [-0.4, -0.2) is 5.43 Å². The Morgan fingerprint density at radius 3 is 0.941 bits per heavy atom. The van der Waals surface area contributed by atoms with Crippen LogP contribution in [0, 0.1) is 41.5 Å². The molecule has 0 saturated heterocycles. The van der Waals surface area contributed by atoms with Gasteiger partial charge in [0.25, 0.3) is 0 Å². The first-order chi connectivity index (χ1) is 30.4. The van der Waals surface area contributed by atoms with E-state index in [0.717, 1.165) is 34.2 Å². The fraction of sp³-hybridized carbons (Fsp3) is 0.387. The summed E-state index contributed by atoms with van der Waals surface area (Å²) < 4.78 is 11.9. The molecule has 8 rings (SSSR count). The Hall–Kier alpha value is -3.66. The molecule has 0 N–H and O–H groups in total. The van der Waals surface area contributed by atoms with Gasteiger partial charge in [-0.3, -0.25) is 0 Å². The van der Waals surface area contributed by atoms with Gasteiger partial charge >= 0.3 is 41.9 Å². The molecule has 0 radical (unpaired) electrons. The third kappa shape index (κ3) is 13.0. The first-order valence-electron chi connectivity index (χ1n) is 23.8. The third-order valence-electron chi connectivity index (χ3n) is 13.0. The molecule has 2 heterocycles. The van der Waals surface area contributed by atoms with Crippen molar-refractivity contribution in [2.75, 3.05) is 0 Å². The normalized spacial score (nSPS) is 12.0. The maximum Gasteiger partial charge on any atom is 0.0896 e. The molecular weight excluding hydrogens is 967 g/mol. The molecule has 6 heteroatoms. The Bertz CT molecular complexity index is 2790. The van der Waals surface area contributed by atoms with Gasteiger partial charge in [0.05, 0.1) is 23.0 Å². The zero-order valence-corrected chi connectivity index (χ0v) is 50.0. The molecule has 6 aromatic carbocycles. The van der Waals surface area contributed by atoms with Crippen LogP contribution in [0.15, 0.2) is 106 Å². The Labute approximate surface area is 438 Å².